The molecule has 0 saturated carbocycles. The largest absolute Gasteiger partial charge is 0.490 e. The van der Waals surface area contributed by atoms with E-state index in [2.05, 4.69) is 20.4 Å². The van der Waals surface area contributed by atoms with Crippen molar-refractivity contribution in [1.82, 2.24) is 0 Å². The number of nitrogens with two attached hydrogens (primary N) is 1. The lowest BCUT2D eigenvalue weighted by molar-refractivity contribution is -0.139. The SMILES string of the molecule is C=CCOc1ccc(C2C(C(=O)OCC(C)CC)=C2c2ccc(N)cc2)cc1. The molecule has 0 bridgehead atoms. The third kappa shape index (κ3) is 4.45. The average molecular weight is 377 g/mol. The Morgan fingerprint density at radius 2 is 1.86 bits per heavy atom. The highest BCUT2D eigenvalue weighted by molar-refractivity contribution is 6.13. The Morgan fingerprint density at radius 3 is 2.46 bits per heavy atom. The van der Waals surface area contributed by atoms with E-state index in [1.165, 1.54) is 0 Å². The van der Waals surface area contributed by atoms with Crippen LogP contribution < -0.4 is 10.5 Å². The molecule has 1 aliphatic carbocycles. The van der Waals surface area contributed by atoms with E-state index < -0.39 is 0 Å². The predicted octanol–water partition coefficient (Wildman–Crippen LogP) is 4.97. The van der Waals surface area contributed by atoms with Crippen molar-refractivity contribution < 1.29 is 14.3 Å². The smallest absolute Gasteiger partial charge is 0.335 e. The molecule has 4 nitrogen and oxygen atoms in total. The number of esters is 1. The highest BCUT2D eigenvalue weighted by Crippen LogP contribution is 2.54. The van der Waals surface area contributed by atoms with E-state index in [0.717, 1.165) is 34.4 Å². The molecule has 3 rings (SSSR count). The summed E-state index contributed by atoms with van der Waals surface area (Å²) in [6, 6.07) is 15.4. The van der Waals surface area contributed by atoms with E-state index in [1.807, 2.05) is 48.5 Å². The summed E-state index contributed by atoms with van der Waals surface area (Å²) in [5, 5.41) is 0. The molecular weight excluding hydrogens is 350 g/mol. The molecule has 0 spiro atoms. The van der Waals surface area contributed by atoms with Gasteiger partial charge in [-0.05, 0) is 46.9 Å². The second-order valence-corrected chi connectivity index (χ2v) is 7.16. The zero-order chi connectivity index (χ0) is 20.1. The van der Waals surface area contributed by atoms with Gasteiger partial charge >= 0.3 is 5.97 Å². The fraction of sp³-hybridized carbons (Fsp3) is 0.292. The molecule has 2 atom stereocenters. The van der Waals surface area contributed by atoms with Crippen LogP contribution in [0.15, 0.2) is 66.8 Å². The minimum atomic E-state index is -0.232. The minimum Gasteiger partial charge on any atom is -0.490 e. The van der Waals surface area contributed by atoms with E-state index in [4.69, 9.17) is 15.2 Å². The van der Waals surface area contributed by atoms with Gasteiger partial charge in [0.2, 0.25) is 0 Å². The molecule has 0 heterocycles. The van der Waals surface area contributed by atoms with Gasteiger partial charge in [-0.15, -0.1) is 0 Å². The molecule has 0 saturated heterocycles. The van der Waals surface area contributed by atoms with Gasteiger partial charge in [0.15, 0.2) is 0 Å². The van der Waals surface area contributed by atoms with E-state index in [9.17, 15) is 4.79 Å². The molecular formula is C24H27NO3. The van der Waals surface area contributed by atoms with Crippen molar-refractivity contribution in [2.75, 3.05) is 18.9 Å². The Balaban J connectivity index is 1.82. The third-order valence-corrected chi connectivity index (χ3v) is 5.00. The van der Waals surface area contributed by atoms with Crippen LogP contribution in [-0.2, 0) is 9.53 Å². The van der Waals surface area contributed by atoms with Crippen molar-refractivity contribution in [3.8, 4) is 5.75 Å². The van der Waals surface area contributed by atoms with E-state index in [1.54, 1.807) is 6.08 Å². The molecule has 146 valence electrons. The van der Waals surface area contributed by atoms with E-state index in [0.29, 0.717) is 24.8 Å². The Bertz CT molecular complexity index is 866. The molecule has 2 aromatic carbocycles. The minimum absolute atomic E-state index is 0.0542. The Hall–Kier alpha value is -3.01. The molecule has 2 unspecified atom stereocenters. The first-order valence-corrected chi connectivity index (χ1v) is 9.65. The quantitative estimate of drug-likeness (QED) is 0.381. The summed E-state index contributed by atoms with van der Waals surface area (Å²) >= 11 is 0. The summed E-state index contributed by atoms with van der Waals surface area (Å²) in [6.07, 6.45) is 2.69. The summed E-state index contributed by atoms with van der Waals surface area (Å²) in [5.41, 5.74) is 10.3. The maximum atomic E-state index is 12.7. The van der Waals surface area contributed by atoms with Gasteiger partial charge in [0.05, 0.1) is 12.2 Å². The molecule has 2 aromatic rings. The average Bonchev–Trinajstić information content (AvgIpc) is 3.46. The van der Waals surface area contributed by atoms with Crippen molar-refractivity contribution in [3.05, 3.63) is 77.9 Å². The van der Waals surface area contributed by atoms with Gasteiger partial charge in [-0.1, -0.05) is 57.2 Å². The molecule has 2 N–H and O–H groups in total. The summed E-state index contributed by atoms with van der Waals surface area (Å²) in [7, 11) is 0. The first kappa shape index (κ1) is 19.7. The standard InChI is InChI=1S/C24H27NO3/c1-4-14-27-20-12-8-18(9-13-20)22-21(17-6-10-19(25)11-7-17)23(22)24(26)28-15-16(3)5-2/h4,6-13,16,22H,1,5,14-15,25H2,2-3H3. The van der Waals surface area contributed by atoms with Crippen LogP contribution in [0.4, 0.5) is 5.69 Å². The number of anilines is 1. The molecule has 28 heavy (non-hydrogen) atoms. The van der Waals surface area contributed by atoms with Gasteiger partial charge in [0, 0.05) is 11.6 Å². The van der Waals surface area contributed by atoms with Gasteiger partial charge in [-0.25, -0.2) is 4.79 Å². The summed E-state index contributed by atoms with van der Waals surface area (Å²) in [5.74, 6) is 0.841. The zero-order valence-electron chi connectivity index (χ0n) is 16.5. The lowest BCUT2D eigenvalue weighted by atomic mass is 10.0. The summed E-state index contributed by atoms with van der Waals surface area (Å²) in [6.45, 7) is 8.73. The van der Waals surface area contributed by atoms with Crippen LogP contribution in [0, 0.1) is 5.92 Å². The van der Waals surface area contributed by atoms with Crippen molar-refractivity contribution in [2.24, 2.45) is 5.92 Å². The van der Waals surface area contributed by atoms with E-state index in [-0.39, 0.29) is 11.9 Å². The number of carbonyl (C=O) groups is 1. The molecule has 0 aliphatic heterocycles. The van der Waals surface area contributed by atoms with Crippen LogP contribution in [0.25, 0.3) is 5.57 Å². The lowest BCUT2D eigenvalue weighted by Gasteiger charge is -2.09. The molecule has 0 radical (unpaired) electrons. The number of nitrogen functional groups attached to an aromatic ring is 1. The van der Waals surface area contributed by atoms with Crippen LogP contribution in [0.5, 0.6) is 5.75 Å². The van der Waals surface area contributed by atoms with Crippen molar-refractivity contribution in [1.29, 1.82) is 0 Å². The number of benzene rings is 2. The van der Waals surface area contributed by atoms with Gasteiger partial charge in [0.25, 0.3) is 0 Å². The fourth-order valence-electron chi connectivity index (χ4n) is 3.09. The monoisotopic (exact) mass is 377 g/mol. The first-order chi connectivity index (χ1) is 13.5. The fourth-order valence-corrected chi connectivity index (χ4v) is 3.09. The normalized spacial score (nSPS) is 16.4. The van der Waals surface area contributed by atoms with E-state index >= 15 is 0 Å². The molecule has 0 aromatic heterocycles. The Morgan fingerprint density at radius 1 is 1.18 bits per heavy atom. The highest BCUT2D eigenvalue weighted by atomic mass is 16.5. The van der Waals surface area contributed by atoms with Crippen LogP contribution in [0.2, 0.25) is 0 Å². The number of allylic oxidation sites excluding steroid dienone is 1. The molecule has 0 amide bonds. The van der Waals surface area contributed by atoms with Crippen molar-refractivity contribution >= 4 is 17.2 Å². The second-order valence-electron chi connectivity index (χ2n) is 7.16. The Labute approximate surface area is 166 Å². The first-order valence-electron chi connectivity index (χ1n) is 9.65. The molecule has 4 heteroatoms. The van der Waals surface area contributed by atoms with Gasteiger partial charge in [-0.2, -0.15) is 0 Å². The number of carbonyl (C=O) groups excluding carboxylic acids is 1. The highest BCUT2D eigenvalue weighted by Gasteiger charge is 2.44. The van der Waals surface area contributed by atoms with Gasteiger partial charge < -0.3 is 15.2 Å². The van der Waals surface area contributed by atoms with Crippen molar-refractivity contribution in [2.45, 2.75) is 26.2 Å². The number of rotatable bonds is 9. The lowest BCUT2D eigenvalue weighted by Crippen LogP contribution is -2.11. The topological polar surface area (TPSA) is 61.5 Å². The molecule has 1 aliphatic rings. The maximum absolute atomic E-state index is 12.7. The summed E-state index contributed by atoms with van der Waals surface area (Å²) in [4.78, 5) is 12.7. The Kier molecular flexibility index (Phi) is 6.19. The predicted molar refractivity (Wildman–Crippen MR) is 113 cm³/mol. The zero-order valence-corrected chi connectivity index (χ0v) is 16.5. The van der Waals surface area contributed by atoms with Gasteiger partial charge in [0.1, 0.15) is 12.4 Å². The number of hydrogen-bond acceptors (Lipinski definition) is 4. The number of hydrogen-bond donors (Lipinski definition) is 1. The summed E-state index contributed by atoms with van der Waals surface area (Å²) < 4.78 is 11.1. The van der Waals surface area contributed by atoms with Crippen LogP contribution in [-0.4, -0.2) is 19.2 Å². The van der Waals surface area contributed by atoms with Crippen molar-refractivity contribution in [3.63, 3.8) is 0 Å². The van der Waals surface area contributed by atoms with Crippen LogP contribution in [0.3, 0.4) is 0 Å². The second kappa shape index (κ2) is 8.79. The van der Waals surface area contributed by atoms with Crippen LogP contribution in [0.1, 0.15) is 37.3 Å². The molecule has 0 fully saturated rings. The van der Waals surface area contributed by atoms with Gasteiger partial charge in [-0.3, -0.25) is 0 Å². The number of ether oxygens (including phenoxy) is 2. The third-order valence-electron chi connectivity index (χ3n) is 5.00. The van der Waals surface area contributed by atoms with Crippen LogP contribution >= 0.6 is 0 Å². The maximum Gasteiger partial charge on any atom is 0.335 e.